The molecule has 1 unspecified atom stereocenters. The van der Waals surface area contributed by atoms with Gasteiger partial charge in [-0.3, -0.25) is 14.5 Å². The van der Waals surface area contributed by atoms with Crippen LogP contribution in [0.4, 0.5) is 0 Å². The molecule has 0 saturated carbocycles. The molecule has 5 nitrogen and oxygen atoms in total. The maximum Gasteiger partial charge on any atom is 0.236 e. The van der Waals surface area contributed by atoms with Gasteiger partial charge in [-0.25, -0.2) is 0 Å². The van der Waals surface area contributed by atoms with Gasteiger partial charge in [0.1, 0.15) is 0 Å². The molecule has 6 heteroatoms. The highest BCUT2D eigenvalue weighted by Crippen LogP contribution is 2.26. The van der Waals surface area contributed by atoms with Crippen molar-refractivity contribution in [3.63, 3.8) is 0 Å². The lowest BCUT2D eigenvalue weighted by atomic mass is 10.1. The van der Waals surface area contributed by atoms with Crippen LogP contribution in [0.1, 0.15) is 25.5 Å². The van der Waals surface area contributed by atoms with Crippen molar-refractivity contribution in [1.29, 1.82) is 0 Å². The molecular formula is C17H24ClN3O2. The van der Waals surface area contributed by atoms with Gasteiger partial charge in [-0.05, 0) is 25.6 Å². The molecule has 0 radical (unpaired) electrons. The van der Waals surface area contributed by atoms with Crippen LogP contribution in [0, 0.1) is 0 Å². The maximum atomic E-state index is 12.5. The second-order valence-electron chi connectivity index (χ2n) is 6.00. The molecule has 1 fully saturated rings. The second-order valence-corrected chi connectivity index (χ2v) is 6.41. The van der Waals surface area contributed by atoms with Crippen molar-refractivity contribution < 1.29 is 9.59 Å². The van der Waals surface area contributed by atoms with E-state index in [2.05, 4.69) is 0 Å². The minimum Gasteiger partial charge on any atom is -0.339 e. The van der Waals surface area contributed by atoms with E-state index < -0.39 is 0 Å². The summed E-state index contributed by atoms with van der Waals surface area (Å²) in [5.41, 5.74) is 1.02. The summed E-state index contributed by atoms with van der Waals surface area (Å²) < 4.78 is 0. The standard InChI is InChI=1S/C17H24ClN3O2/c1-13(15-6-4-5-7-16(15)18)19(3)12-17(23)21-10-8-20(9-11-21)14(2)22/h4-7,13H,8-12H2,1-3H3. The van der Waals surface area contributed by atoms with Gasteiger partial charge in [0, 0.05) is 44.2 Å². The number of hydrogen-bond acceptors (Lipinski definition) is 3. The summed E-state index contributed by atoms with van der Waals surface area (Å²) in [7, 11) is 1.93. The third-order valence-corrected chi connectivity index (χ3v) is 4.82. The lowest BCUT2D eigenvalue weighted by Crippen LogP contribution is -2.52. The summed E-state index contributed by atoms with van der Waals surface area (Å²) in [6, 6.07) is 7.77. The lowest BCUT2D eigenvalue weighted by Gasteiger charge is -2.35. The minimum atomic E-state index is 0.0613. The number of carbonyl (C=O) groups excluding carboxylic acids is 2. The third-order valence-electron chi connectivity index (χ3n) is 4.48. The zero-order valence-electron chi connectivity index (χ0n) is 14.0. The van der Waals surface area contributed by atoms with E-state index >= 15 is 0 Å². The van der Waals surface area contributed by atoms with Crippen LogP contribution >= 0.6 is 11.6 Å². The molecule has 1 atom stereocenters. The van der Waals surface area contributed by atoms with Gasteiger partial charge >= 0.3 is 0 Å². The summed E-state index contributed by atoms with van der Waals surface area (Å²) >= 11 is 6.23. The number of likely N-dealkylation sites (N-methyl/N-ethyl adjacent to an activating group) is 1. The number of amides is 2. The molecule has 1 heterocycles. The van der Waals surface area contributed by atoms with E-state index in [4.69, 9.17) is 11.6 Å². The highest BCUT2D eigenvalue weighted by molar-refractivity contribution is 6.31. The molecule has 2 rings (SSSR count). The molecule has 2 amide bonds. The molecule has 1 aromatic carbocycles. The number of nitrogens with zero attached hydrogens (tertiary/aromatic N) is 3. The van der Waals surface area contributed by atoms with Crippen molar-refractivity contribution in [2.24, 2.45) is 0 Å². The van der Waals surface area contributed by atoms with E-state index in [1.807, 2.05) is 48.0 Å². The number of hydrogen-bond donors (Lipinski definition) is 0. The van der Waals surface area contributed by atoms with E-state index in [1.54, 1.807) is 11.8 Å². The smallest absolute Gasteiger partial charge is 0.236 e. The van der Waals surface area contributed by atoms with Crippen LogP contribution in [0.5, 0.6) is 0 Å². The Morgan fingerprint density at radius 1 is 1.17 bits per heavy atom. The Hall–Kier alpha value is -1.59. The predicted molar refractivity (Wildman–Crippen MR) is 91.3 cm³/mol. The van der Waals surface area contributed by atoms with E-state index in [-0.39, 0.29) is 17.9 Å². The quantitative estimate of drug-likeness (QED) is 0.844. The molecule has 1 saturated heterocycles. The molecule has 0 N–H and O–H groups in total. The van der Waals surface area contributed by atoms with Crippen molar-refractivity contribution >= 4 is 23.4 Å². The molecule has 1 aromatic rings. The van der Waals surface area contributed by atoms with Gasteiger partial charge in [-0.15, -0.1) is 0 Å². The average Bonchev–Trinajstić information content (AvgIpc) is 2.54. The highest BCUT2D eigenvalue weighted by Gasteiger charge is 2.24. The van der Waals surface area contributed by atoms with Crippen molar-refractivity contribution in [1.82, 2.24) is 14.7 Å². The fraction of sp³-hybridized carbons (Fsp3) is 0.529. The van der Waals surface area contributed by atoms with Crippen LogP contribution in [0.25, 0.3) is 0 Å². The van der Waals surface area contributed by atoms with Crippen molar-refractivity contribution in [3.8, 4) is 0 Å². The van der Waals surface area contributed by atoms with Crippen LogP contribution in [0.2, 0.25) is 5.02 Å². The molecule has 1 aliphatic heterocycles. The number of halogens is 1. The first-order valence-electron chi connectivity index (χ1n) is 7.88. The van der Waals surface area contributed by atoms with Gasteiger partial charge in [-0.2, -0.15) is 0 Å². The predicted octanol–water partition coefficient (Wildman–Crippen LogP) is 2.02. The summed E-state index contributed by atoms with van der Waals surface area (Å²) in [5.74, 6) is 0.163. The Bertz CT molecular complexity index is 571. The first-order valence-corrected chi connectivity index (χ1v) is 8.26. The van der Waals surface area contributed by atoms with Gasteiger partial charge in [0.2, 0.25) is 11.8 Å². The van der Waals surface area contributed by atoms with E-state index in [1.165, 1.54) is 0 Å². The number of benzene rings is 1. The van der Waals surface area contributed by atoms with Crippen molar-refractivity contribution in [2.45, 2.75) is 19.9 Å². The molecule has 0 bridgehead atoms. The SMILES string of the molecule is CC(=O)N1CCN(C(=O)CN(C)C(C)c2ccccc2Cl)CC1. The van der Waals surface area contributed by atoms with Gasteiger partial charge < -0.3 is 9.80 Å². The second kappa shape index (κ2) is 7.79. The maximum absolute atomic E-state index is 12.5. The summed E-state index contributed by atoms with van der Waals surface area (Å²) in [6.45, 7) is 6.39. The number of carbonyl (C=O) groups is 2. The molecule has 0 aliphatic carbocycles. The van der Waals surface area contributed by atoms with Crippen molar-refractivity contribution in [2.75, 3.05) is 39.8 Å². The van der Waals surface area contributed by atoms with E-state index in [9.17, 15) is 9.59 Å². The monoisotopic (exact) mass is 337 g/mol. The Balaban J connectivity index is 1.90. The zero-order chi connectivity index (χ0) is 17.0. The average molecular weight is 338 g/mol. The molecule has 126 valence electrons. The van der Waals surface area contributed by atoms with Gasteiger partial charge in [-0.1, -0.05) is 29.8 Å². The fourth-order valence-electron chi connectivity index (χ4n) is 2.77. The van der Waals surface area contributed by atoms with Gasteiger partial charge in [0.05, 0.1) is 6.54 Å². The van der Waals surface area contributed by atoms with E-state index in [0.29, 0.717) is 32.7 Å². The van der Waals surface area contributed by atoms with Crippen LogP contribution < -0.4 is 0 Å². The van der Waals surface area contributed by atoms with E-state index in [0.717, 1.165) is 10.6 Å². The zero-order valence-corrected chi connectivity index (χ0v) is 14.7. The molecule has 23 heavy (non-hydrogen) atoms. The normalized spacial score (nSPS) is 16.6. The van der Waals surface area contributed by atoms with Gasteiger partial charge in [0.25, 0.3) is 0 Å². The fourth-order valence-corrected chi connectivity index (χ4v) is 3.07. The molecule has 1 aliphatic rings. The minimum absolute atomic E-state index is 0.0613. The first kappa shape index (κ1) is 17.8. The van der Waals surface area contributed by atoms with Crippen LogP contribution in [0.15, 0.2) is 24.3 Å². The summed E-state index contributed by atoms with van der Waals surface area (Å²) in [4.78, 5) is 29.4. The topological polar surface area (TPSA) is 43.9 Å². The largest absolute Gasteiger partial charge is 0.339 e. The molecular weight excluding hydrogens is 314 g/mol. The Labute approximate surface area is 142 Å². The Morgan fingerprint density at radius 3 is 2.30 bits per heavy atom. The van der Waals surface area contributed by atoms with Crippen molar-refractivity contribution in [3.05, 3.63) is 34.9 Å². The Kier molecular flexibility index (Phi) is 6.02. The molecule has 0 spiro atoms. The molecule has 0 aromatic heterocycles. The van der Waals surface area contributed by atoms with Crippen LogP contribution in [0.3, 0.4) is 0 Å². The van der Waals surface area contributed by atoms with Crippen LogP contribution in [-0.4, -0.2) is 66.3 Å². The summed E-state index contributed by atoms with van der Waals surface area (Å²) in [6.07, 6.45) is 0. The lowest BCUT2D eigenvalue weighted by molar-refractivity contribution is -0.139. The number of rotatable bonds is 4. The highest BCUT2D eigenvalue weighted by atomic mass is 35.5. The third kappa shape index (κ3) is 4.45. The number of piperazine rings is 1. The first-order chi connectivity index (χ1) is 10.9. The van der Waals surface area contributed by atoms with Crippen LogP contribution in [-0.2, 0) is 9.59 Å². The summed E-state index contributed by atoms with van der Waals surface area (Å²) in [5, 5.41) is 0.717. The van der Waals surface area contributed by atoms with Gasteiger partial charge in [0.15, 0.2) is 0 Å². The Morgan fingerprint density at radius 2 is 1.74 bits per heavy atom.